The van der Waals surface area contributed by atoms with Crippen molar-refractivity contribution < 1.29 is 9.18 Å². The first kappa shape index (κ1) is 15.3. The fourth-order valence-corrected chi connectivity index (χ4v) is 4.23. The van der Waals surface area contributed by atoms with Gasteiger partial charge >= 0.3 is 6.03 Å². The number of nitrogens with one attached hydrogen (secondary N) is 2. The molecular weight excluding hydrogens is 321 g/mol. The number of halogens is 1. The zero-order valence-electron chi connectivity index (χ0n) is 12.0. The fraction of sp³-hybridized carbons (Fsp3) is 0.333. The molecule has 116 valence electrons. The lowest BCUT2D eigenvalue weighted by molar-refractivity contribution is 0.233. The van der Waals surface area contributed by atoms with E-state index in [0.717, 1.165) is 22.7 Å². The van der Waals surface area contributed by atoms with Crippen LogP contribution in [-0.4, -0.2) is 16.8 Å². The van der Waals surface area contributed by atoms with E-state index >= 15 is 0 Å². The van der Waals surface area contributed by atoms with E-state index in [9.17, 15) is 9.18 Å². The maximum absolute atomic E-state index is 13.8. The van der Waals surface area contributed by atoms with Crippen LogP contribution in [0.5, 0.6) is 0 Å². The average Bonchev–Trinajstić information content (AvgIpc) is 3.02. The highest BCUT2D eigenvalue weighted by atomic mass is 32.2. The smallest absolute Gasteiger partial charge is 0.315 e. The number of thiazole rings is 1. The average molecular weight is 337 g/mol. The van der Waals surface area contributed by atoms with Gasteiger partial charge in [0.2, 0.25) is 0 Å². The molecule has 3 rings (SSSR count). The number of rotatable bonds is 3. The Bertz CT molecular complexity index is 663. The van der Waals surface area contributed by atoms with Gasteiger partial charge in [0.25, 0.3) is 0 Å². The Morgan fingerprint density at radius 1 is 1.50 bits per heavy atom. The second kappa shape index (κ2) is 6.66. The Morgan fingerprint density at radius 3 is 3.14 bits per heavy atom. The fourth-order valence-electron chi connectivity index (χ4n) is 2.44. The summed E-state index contributed by atoms with van der Waals surface area (Å²) in [6, 6.07) is 4.46. The molecule has 0 aliphatic carbocycles. The monoisotopic (exact) mass is 337 g/mol. The second-order valence-electron chi connectivity index (χ2n) is 5.06. The predicted molar refractivity (Wildman–Crippen MR) is 86.7 cm³/mol. The summed E-state index contributed by atoms with van der Waals surface area (Å²) < 4.78 is 13.8. The highest BCUT2D eigenvalue weighted by Gasteiger charge is 2.25. The molecule has 1 aliphatic heterocycles. The summed E-state index contributed by atoms with van der Waals surface area (Å²) >= 11 is 3.01. The summed E-state index contributed by atoms with van der Waals surface area (Å²) in [5, 5.41) is 8.55. The third-order valence-corrected chi connectivity index (χ3v) is 5.62. The number of thioether (sulfide) groups is 1. The minimum absolute atomic E-state index is 0.148. The van der Waals surface area contributed by atoms with Crippen molar-refractivity contribution in [3.63, 3.8) is 0 Å². The molecule has 0 fully saturated rings. The molecule has 0 bridgehead atoms. The van der Waals surface area contributed by atoms with Crippen LogP contribution in [-0.2, 0) is 0 Å². The number of benzene rings is 1. The maximum atomic E-state index is 13.8. The largest absolute Gasteiger partial charge is 0.331 e. The van der Waals surface area contributed by atoms with Gasteiger partial charge in [-0.3, -0.25) is 0 Å². The van der Waals surface area contributed by atoms with Gasteiger partial charge in [-0.2, -0.15) is 0 Å². The lowest BCUT2D eigenvalue weighted by Crippen LogP contribution is -2.40. The number of urea groups is 1. The Kier molecular flexibility index (Phi) is 4.63. The molecule has 2 aromatic rings. The minimum Gasteiger partial charge on any atom is -0.331 e. The molecule has 0 saturated carbocycles. The van der Waals surface area contributed by atoms with Crippen LogP contribution >= 0.6 is 23.1 Å². The van der Waals surface area contributed by atoms with Crippen molar-refractivity contribution in [2.45, 2.75) is 30.3 Å². The lowest BCUT2D eigenvalue weighted by Gasteiger charge is -2.26. The van der Waals surface area contributed by atoms with Crippen LogP contribution in [0.15, 0.2) is 34.7 Å². The molecule has 1 aromatic heterocycles. The third-order valence-electron chi connectivity index (χ3n) is 3.50. The molecule has 0 spiro atoms. The summed E-state index contributed by atoms with van der Waals surface area (Å²) in [5.74, 6) is 0.576. The number of carbonyl (C=O) groups excluding carboxylic acids is 1. The Balaban J connectivity index is 1.67. The lowest BCUT2D eigenvalue weighted by atomic mass is 10.0. The maximum Gasteiger partial charge on any atom is 0.315 e. The number of hydrogen-bond acceptors (Lipinski definition) is 4. The molecule has 2 amide bonds. The normalized spacial score (nSPS) is 18.4. The number of hydrogen-bond donors (Lipinski definition) is 2. The van der Waals surface area contributed by atoms with Gasteiger partial charge in [-0.15, -0.1) is 23.1 Å². The van der Waals surface area contributed by atoms with Gasteiger partial charge < -0.3 is 10.6 Å². The minimum atomic E-state index is -0.255. The first-order valence-electron chi connectivity index (χ1n) is 7.03. The zero-order chi connectivity index (χ0) is 15.5. The molecule has 0 unspecified atom stereocenters. The number of carbonyl (C=O) groups is 1. The highest BCUT2D eigenvalue weighted by molar-refractivity contribution is 7.99. The number of nitrogens with zero attached hydrogens (tertiary/aromatic N) is 1. The van der Waals surface area contributed by atoms with E-state index < -0.39 is 0 Å². The predicted octanol–water partition coefficient (Wildman–Crippen LogP) is 3.88. The molecule has 2 N–H and O–H groups in total. The molecule has 22 heavy (non-hydrogen) atoms. The Morgan fingerprint density at radius 2 is 2.36 bits per heavy atom. The summed E-state index contributed by atoms with van der Waals surface area (Å²) in [6.07, 6.45) is 2.51. The van der Waals surface area contributed by atoms with Gasteiger partial charge in [-0.25, -0.2) is 14.2 Å². The van der Waals surface area contributed by atoms with Crippen molar-refractivity contribution in [2.24, 2.45) is 0 Å². The number of amides is 2. The van der Waals surface area contributed by atoms with Crippen molar-refractivity contribution in [1.29, 1.82) is 0 Å². The first-order valence-corrected chi connectivity index (χ1v) is 8.89. The Hall–Kier alpha value is -1.60. The van der Waals surface area contributed by atoms with E-state index in [-0.39, 0.29) is 23.9 Å². The van der Waals surface area contributed by atoms with Crippen molar-refractivity contribution in [1.82, 2.24) is 15.6 Å². The summed E-state index contributed by atoms with van der Waals surface area (Å²) in [4.78, 5) is 17.0. The topological polar surface area (TPSA) is 54.0 Å². The summed E-state index contributed by atoms with van der Waals surface area (Å²) in [7, 11) is 0. The van der Waals surface area contributed by atoms with Crippen molar-refractivity contribution in [3.05, 3.63) is 46.2 Å². The molecule has 0 saturated heterocycles. The SMILES string of the molecule is C[C@@H](NC(=O)N[C@H]1CCSc2c(F)cccc21)c1nccs1. The molecule has 7 heteroatoms. The van der Waals surface area contributed by atoms with Crippen molar-refractivity contribution >= 4 is 29.1 Å². The second-order valence-corrected chi connectivity index (χ2v) is 7.09. The number of fused-ring (bicyclic) bond motifs is 1. The van der Waals surface area contributed by atoms with Crippen LogP contribution < -0.4 is 10.6 Å². The van der Waals surface area contributed by atoms with Crippen molar-refractivity contribution in [2.75, 3.05) is 5.75 Å². The van der Waals surface area contributed by atoms with Gasteiger partial charge in [0, 0.05) is 22.2 Å². The van der Waals surface area contributed by atoms with Gasteiger partial charge in [0.1, 0.15) is 10.8 Å². The van der Waals surface area contributed by atoms with Crippen molar-refractivity contribution in [3.8, 4) is 0 Å². The highest BCUT2D eigenvalue weighted by Crippen LogP contribution is 2.37. The van der Waals surface area contributed by atoms with Crippen LogP contribution in [0, 0.1) is 5.82 Å². The van der Waals surface area contributed by atoms with E-state index in [1.165, 1.54) is 29.2 Å². The molecule has 1 aromatic carbocycles. The number of aromatic nitrogens is 1. The molecule has 1 aliphatic rings. The summed E-state index contributed by atoms with van der Waals surface area (Å²) in [5.41, 5.74) is 0.855. The molecule has 2 atom stereocenters. The standard InChI is InChI=1S/C15H16FN3OS2/c1-9(14-17-6-8-22-14)18-15(20)19-12-5-7-21-13-10(12)3-2-4-11(13)16/h2-4,6,8-9,12H,5,7H2,1H3,(H2,18,19,20)/t9-,12+/m1/s1. The van der Waals surface area contributed by atoms with Gasteiger partial charge in [-0.1, -0.05) is 12.1 Å². The molecular formula is C15H16FN3OS2. The van der Waals surface area contributed by atoms with E-state index in [2.05, 4.69) is 15.6 Å². The Labute approximate surface area is 136 Å². The first-order chi connectivity index (χ1) is 10.6. The molecule has 0 radical (unpaired) electrons. The van der Waals surface area contributed by atoms with Gasteiger partial charge in [0.15, 0.2) is 0 Å². The van der Waals surface area contributed by atoms with Crippen LogP contribution in [0.3, 0.4) is 0 Å². The van der Waals surface area contributed by atoms with E-state index in [4.69, 9.17) is 0 Å². The van der Waals surface area contributed by atoms with E-state index in [0.29, 0.717) is 4.90 Å². The van der Waals surface area contributed by atoms with E-state index in [1.54, 1.807) is 12.3 Å². The quantitative estimate of drug-likeness (QED) is 0.894. The van der Waals surface area contributed by atoms with Crippen LogP contribution in [0.4, 0.5) is 9.18 Å². The van der Waals surface area contributed by atoms with Crippen LogP contribution in [0.1, 0.15) is 36.0 Å². The van der Waals surface area contributed by atoms with Gasteiger partial charge in [-0.05, 0) is 25.0 Å². The van der Waals surface area contributed by atoms with E-state index in [1.807, 2.05) is 18.4 Å². The third kappa shape index (κ3) is 3.25. The molecule has 4 nitrogen and oxygen atoms in total. The van der Waals surface area contributed by atoms with Crippen LogP contribution in [0.25, 0.3) is 0 Å². The van der Waals surface area contributed by atoms with Crippen LogP contribution in [0.2, 0.25) is 0 Å². The van der Waals surface area contributed by atoms with Gasteiger partial charge in [0.05, 0.1) is 12.1 Å². The summed E-state index contributed by atoms with van der Waals surface area (Å²) in [6.45, 7) is 1.89. The molecule has 2 heterocycles. The zero-order valence-corrected chi connectivity index (χ0v) is 13.6.